The van der Waals surface area contributed by atoms with Gasteiger partial charge in [-0.25, -0.2) is 3.64 Å². The van der Waals surface area contributed by atoms with Gasteiger partial charge in [0.25, 0.3) is 0 Å². The molecule has 0 fully saturated rings. The van der Waals surface area contributed by atoms with Crippen molar-refractivity contribution in [2.45, 2.75) is 6.82 Å². The molecule has 0 aliphatic heterocycles. The van der Waals surface area contributed by atoms with Gasteiger partial charge in [-0.3, -0.25) is 0 Å². The second-order valence-corrected chi connectivity index (χ2v) is 6.50. The molecule has 0 bridgehead atoms. The van der Waals surface area contributed by atoms with Gasteiger partial charge < -0.3 is 0 Å². The average molecular weight is 1050 g/mol. The van der Waals surface area contributed by atoms with E-state index in [1.54, 1.807) is 29.7 Å². The molecule has 0 aromatic rings. The van der Waals surface area contributed by atoms with Gasteiger partial charge in [0.15, 0.2) is 0 Å². The predicted molar refractivity (Wildman–Crippen MR) is 182 cm³/mol. The van der Waals surface area contributed by atoms with E-state index in [0.717, 1.165) is 0 Å². The third kappa shape index (κ3) is 54.0. The zero-order valence-corrected chi connectivity index (χ0v) is 32.8. The predicted octanol–water partition coefficient (Wildman–Crippen LogP) is 12.2. The molecule has 0 saturated carbocycles. The minimum absolute atomic E-state index is 1.37. The van der Waals surface area contributed by atoms with E-state index in [4.69, 9.17) is 0 Å². The van der Waals surface area contributed by atoms with Crippen LogP contribution in [-0.4, -0.2) is 7.07 Å². The summed E-state index contributed by atoms with van der Waals surface area (Å²) >= 11 is 1.69. The van der Waals surface area contributed by atoms with E-state index in [1.165, 1.54) is 7.07 Å². The molecule has 0 spiro atoms. The van der Waals surface area contributed by atoms with Gasteiger partial charge >= 0.3 is 76.4 Å². The monoisotopic (exact) mass is 1050 g/mol. The molecular formula is CH4BIN64. The van der Waals surface area contributed by atoms with Crippen LogP contribution in [0.1, 0.15) is 0 Å². The SMILES string of the molecule is CB=NN=NN=NN=NN=NN=NN=NN=NN=NN=NN=NN=NN=NN=NN=NN=NN=NN=NN=NN=NN=NN=NN=NN=NN=NN=NN=NN=NN=NN=NN=NN=NNI. The van der Waals surface area contributed by atoms with E-state index < -0.39 is 0 Å². The van der Waals surface area contributed by atoms with E-state index >= 15 is 0 Å². The summed E-state index contributed by atoms with van der Waals surface area (Å²) in [6.45, 7) is 1.62. The molecule has 0 aliphatic carbocycles. The Hall–Kier alpha value is -12.0. The first-order chi connectivity index (χ1) is 33.4. The number of hydrogen-bond acceptors (Lipinski definition) is 2. The molecule has 338 valence electrons. The normalized spacial score (nSPS) is 15.4. The Labute approximate surface area is 369 Å². The summed E-state index contributed by atoms with van der Waals surface area (Å²) in [6.07, 6.45) is 0. The van der Waals surface area contributed by atoms with Crippen molar-refractivity contribution >= 4 is 29.9 Å². The molecule has 0 aromatic heterocycles. The van der Waals surface area contributed by atoms with Crippen LogP contribution in [0.15, 0.2) is 329 Å². The van der Waals surface area contributed by atoms with Gasteiger partial charge in [-0.2, -0.15) is 0 Å². The third-order valence-electron chi connectivity index (χ3n) is 2.65. The van der Waals surface area contributed by atoms with Gasteiger partial charge in [-0.1, -0.05) is 0 Å². The van der Waals surface area contributed by atoms with Crippen LogP contribution in [0.5, 0.6) is 0 Å². The van der Waals surface area contributed by atoms with E-state index in [1.807, 2.05) is 0 Å². The van der Waals surface area contributed by atoms with E-state index in [9.17, 15) is 0 Å². The number of halogens is 1. The molecule has 1 N–H and O–H groups in total. The van der Waals surface area contributed by atoms with Crippen LogP contribution in [0.2, 0.25) is 6.82 Å². The molecule has 0 saturated heterocycles. The molecule has 0 radical (unpaired) electrons. The van der Waals surface area contributed by atoms with Crippen LogP contribution in [0.25, 0.3) is 0 Å². The van der Waals surface area contributed by atoms with E-state index in [2.05, 4.69) is 332 Å². The summed E-state index contributed by atoms with van der Waals surface area (Å²) in [5, 5.41) is 191. The molecule has 0 aromatic carbocycles. The maximum atomic E-state index is 3.36. The van der Waals surface area contributed by atoms with Crippen molar-refractivity contribution in [2.75, 3.05) is 0 Å². The fraction of sp³-hybridized carbons (Fsp3) is 1.00. The fourth-order valence-corrected chi connectivity index (χ4v) is 1.26. The number of hydrogen-bond donors (Lipinski definition) is 1. The van der Waals surface area contributed by atoms with Gasteiger partial charge in [0.1, 0.15) is 0 Å². The summed E-state index contributed by atoms with van der Waals surface area (Å²) in [7, 11) is 1.37. The minimum Gasteiger partial charge on any atom is -0.229 e. The smallest absolute Gasteiger partial charge is 0.229 e. The van der Waals surface area contributed by atoms with Crippen LogP contribution in [0, 0.1) is 0 Å². The Bertz CT molecular complexity index is 2250. The fourth-order valence-electron chi connectivity index (χ4n) is 1.17. The number of nitrogens with zero attached hydrogens (tertiary/aromatic N) is 63. The third-order valence-corrected chi connectivity index (χ3v) is 2.87. The average Bonchev–Trinajstić information content (AvgIpc) is 3.34. The Morgan fingerprint density at radius 2 is 0.284 bits per heavy atom. The zero-order chi connectivity index (χ0) is 48.0. The van der Waals surface area contributed by atoms with Crippen LogP contribution < -0.4 is 3.64 Å². The topological polar surface area (TPSA) is 791 Å². The molecule has 67 heavy (non-hydrogen) atoms. The minimum atomic E-state index is 1.37. The van der Waals surface area contributed by atoms with Crippen molar-refractivity contribution in [2.24, 2.45) is 329 Å². The molecule has 66 heteroatoms. The standard InChI is InChI=1S/CH4BIN64/c1-2-4-6-8-10-12-14-16-18-20-22-24-26-28-30-32-34-36-38-40-42-44-46-48-50-52-54-56-58-60-62-64-66-67-65-63-61-59-57-55-53-51-49-47-45-43-41-39-37-35-33-31-29-27-25-23-21-19-17-15-13-11-9-7-5-3/h1H3,(H,5,6,9,10,13,14,17,18,21,22,25,26,29,30,33,34,37,38,41,42,45,46,49,50,53,54,57,58,61,62,65,66). The second-order valence-electron chi connectivity index (χ2n) is 6.01. The van der Waals surface area contributed by atoms with Crippen LogP contribution in [0.4, 0.5) is 0 Å². The van der Waals surface area contributed by atoms with Gasteiger partial charge in [0.05, 0.1) is 22.9 Å². The maximum absolute atomic E-state index is 3.36. The summed E-state index contributed by atoms with van der Waals surface area (Å²) in [5.74, 6) is 0. The first-order valence-electron chi connectivity index (χ1n) is 13.6. The summed E-state index contributed by atoms with van der Waals surface area (Å²) in [5.41, 5.74) is 0. The van der Waals surface area contributed by atoms with E-state index in [-0.39, 0.29) is 0 Å². The molecule has 0 rings (SSSR count). The van der Waals surface area contributed by atoms with Crippen molar-refractivity contribution in [3.63, 3.8) is 0 Å². The van der Waals surface area contributed by atoms with Crippen LogP contribution >= 0.6 is 22.9 Å². The molecule has 0 heterocycles. The first-order valence-corrected chi connectivity index (χ1v) is 14.7. The van der Waals surface area contributed by atoms with Gasteiger partial charge in [-0.05, 0) is 41.8 Å². The van der Waals surface area contributed by atoms with Gasteiger partial charge in [-0.15, -0.1) is 0 Å². The molecule has 0 atom stereocenters. The first kappa shape index (κ1) is 55.0. The Kier molecular flexibility index (Phi) is 44.3. The second kappa shape index (κ2) is 54.0. The molecule has 0 unspecified atom stereocenters. The van der Waals surface area contributed by atoms with Crippen molar-refractivity contribution in [3.05, 3.63) is 0 Å². The van der Waals surface area contributed by atoms with Crippen molar-refractivity contribution in [1.29, 1.82) is 0 Å². The quantitative estimate of drug-likeness (QED) is 0.0222. The molecule has 64 nitrogen and oxygen atoms in total. The Morgan fingerprint density at radius 1 is 0.179 bits per heavy atom. The van der Waals surface area contributed by atoms with Crippen LogP contribution in [0.3, 0.4) is 0 Å². The number of rotatable bonds is 32. The van der Waals surface area contributed by atoms with Crippen molar-refractivity contribution in [1.82, 2.24) is 3.64 Å². The van der Waals surface area contributed by atoms with Crippen LogP contribution in [-0.2, 0) is 0 Å². The molecular weight excluding hydrogens is 1050 g/mol. The van der Waals surface area contributed by atoms with Gasteiger partial charge in [0, 0.05) is 225 Å². The number of nitrogens with one attached hydrogen (secondary N) is 1. The zero-order valence-electron chi connectivity index (χ0n) is 30.6. The summed E-state index contributed by atoms with van der Waals surface area (Å²) in [4.78, 5) is 0. The summed E-state index contributed by atoms with van der Waals surface area (Å²) < 4.78 is 2.28. The molecule has 0 aliphatic rings. The van der Waals surface area contributed by atoms with Crippen molar-refractivity contribution in [3.8, 4) is 0 Å². The summed E-state index contributed by atoms with van der Waals surface area (Å²) in [6, 6.07) is 0. The van der Waals surface area contributed by atoms with Gasteiger partial charge in [0.2, 0.25) is 0 Å². The van der Waals surface area contributed by atoms with Crippen molar-refractivity contribution < 1.29 is 0 Å². The Morgan fingerprint density at radius 3 is 0.388 bits per heavy atom. The molecule has 0 amide bonds. The Balaban J connectivity index is 4.08. The van der Waals surface area contributed by atoms with E-state index in [0.29, 0.717) is 0 Å².